The molecule has 5 nitrogen and oxygen atoms in total. The minimum Gasteiger partial charge on any atom is -0.468 e. The highest BCUT2D eigenvalue weighted by Crippen LogP contribution is 2.27. The molecule has 1 rings (SSSR count). The lowest BCUT2D eigenvalue weighted by Crippen LogP contribution is -2.38. The van der Waals surface area contributed by atoms with Gasteiger partial charge in [0.05, 0.1) is 18.6 Å². The number of nitrogens with zero attached hydrogens (tertiary/aromatic N) is 1. The number of sulfonamides is 1. The summed E-state index contributed by atoms with van der Waals surface area (Å²) in [7, 11) is -2.29. The van der Waals surface area contributed by atoms with Gasteiger partial charge in [0, 0.05) is 0 Å². The van der Waals surface area contributed by atoms with Crippen molar-refractivity contribution in [2.24, 2.45) is 0 Å². The van der Waals surface area contributed by atoms with Gasteiger partial charge in [-0.3, -0.25) is 9.10 Å². The number of carbonyl (C=O) groups excluding carboxylic acids is 1. The molecule has 0 aliphatic heterocycles. The van der Waals surface area contributed by atoms with Crippen LogP contribution in [0.3, 0.4) is 0 Å². The summed E-state index contributed by atoms with van der Waals surface area (Å²) in [6.07, 6.45) is 0. The molecule has 106 valence electrons. The van der Waals surface area contributed by atoms with Crippen molar-refractivity contribution in [2.75, 3.05) is 23.7 Å². The SMILES string of the molecule is CCS(=O)(=O)N(CC(=O)OC)c1c(C)cccc1C. The molecule has 0 amide bonds. The van der Waals surface area contributed by atoms with Crippen molar-refractivity contribution in [3.8, 4) is 0 Å². The normalized spacial score (nSPS) is 11.2. The quantitative estimate of drug-likeness (QED) is 0.771. The van der Waals surface area contributed by atoms with Crippen LogP contribution in [0.4, 0.5) is 5.69 Å². The highest BCUT2D eigenvalue weighted by Gasteiger charge is 2.26. The van der Waals surface area contributed by atoms with Gasteiger partial charge >= 0.3 is 5.97 Å². The molecule has 1 aromatic rings. The summed E-state index contributed by atoms with van der Waals surface area (Å²) in [6.45, 7) is 4.88. The van der Waals surface area contributed by atoms with Crippen molar-refractivity contribution in [2.45, 2.75) is 20.8 Å². The molecule has 6 heteroatoms. The van der Waals surface area contributed by atoms with Gasteiger partial charge in [-0.25, -0.2) is 8.42 Å². The second-order valence-electron chi connectivity index (χ2n) is 4.22. The lowest BCUT2D eigenvalue weighted by Gasteiger charge is -2.25. The second-order valence-corrected chi connectivity index (χ2v) is 6.41. The van der Waals surface area contributed by atoms with Crippen LogP contribution in [0, 0.1) is 13.8 Å². The monoisotopic (exact) mass is 285 g/mol. The van der Waals surface area contributed by atoms with E-state index in [1.165, 1.54) is 7.11 Å². The van der Waals surface area contributed by atoms with Gasteiger partial charge in [-0.2, -0.15) is 0 Å². The van der Waals surface area contributed by atoms with Crippen LogP contribution in [0.25, 0.3) is 0 Å². The summed E-state index contributed by atoms with van der Waals surface area (Å²) in [5.74, 6) is -0.655. The van der Waals surface area contributed by atoms with Crippen molar-refractivity contribution < 1.29 is 17.9 Å². The molecular formula is C13H19NO4S. The molecule has 0 fully saturated rings. The zero-order chi connectivity index (χ0) is 14.6. The topological polar surface area (TPSA) is 63.7 Å². The zero-order valence-corrected chi connectivity index (χ0v) is 12.5. The van der Waals surface area contributed by atoms with Crippen LogP contribution in [0.1, 0.15) is 18.1 Å². The molecule has 1 aromatic carbocycles. The molecule has 0 bridgehead atoms. The molecular weight excluding hydrogens is 266 g/mol. The number of ether oxygens (including phenoxy) is 1. The first-order valence-corrected chi connectivity index (χ1v) is 7.57. The van der Waals surface area contributed by atoms with Gasteiger partial charge in [0.15, 0.2) is 0 Å². The van der Waals surface area contributed by atoms with E-state index < -0.39 is 16.0 Å². The summed E-state index contributed by atoms with van der Waals surface area (Å²) in [5, 5.41) is 0. The number of anilines is 1. The smallest absolute Gasteiger partial charge is 0.326 e. The van der Waals surface area contributed by atoms with Gasteiger partial charge in [0.2, 0.25) is 10.0 Å². The molecule has 0 N–H and O–H groups in total. The van der Waals surface area contributed by atoms with Crippen LogP contribution < -0.4 is 4.31 Å². The summed E-state index contributed by atoms with van der Waals surface area (Å²) < 4.78 is 30.1. The molecule has 19 heavy (non-hydrogen) atoms. The van der Waals surface area contributed by atoms with E-state index in [9.17, 15) is 13.2 Å². The van der Waals surface area contributed by atoms with Gasteiger partial charge in [-0.1, -0.05) is 18.2 Å². The summed E-state index contributed by atoms with van der Waals surface area (Å²) in [4.78, 5) is 11.5. The Labute approximate surface area is 114 Å². The molecule has 0 radical (unpaired) electrons. The van der Waals surface area contributed by atoms with Gasteiger partial charge in [0.1, 0.15) is 6.54 Å². The van der Waals surface area contributed by atoms with Gasteiger partial charge in [-0.05, 0) is 31.9 Å². The Morgan fingerprint density at radius 2 is 1.79 bits per heavy atom. The van der Waals surface area contributed by atoms with E-state index in [1.54, 1.807) is 6.92 Å². The number of hydrogen-bond donors (Lipinski definition) is 0. The number of esters is 1. The Hall–Kier alpha value is -1.56. The molecule has 0 saturated heterocycles. The molecule has 0 heterocycles. The van der Waals surface area contributed by atoms with Crippen LogP contribution in [-0.4, -0.2) is 33.8 Å². The Morgan fingerprint density at radius 1 is 1.26 bits per heavy atom. The van der Waals surface area contributed by atoms with E-state index in [1.807, 2.05) is 32.0 Å². The third-order valence-corrected chi connectivity index (χ3v) is 4.60. The minimum absolute atomic E-state index is 0.0717. The first kappa shape index (κ1) is 15.5. The predicted molar refractivity (Wildman–Crippen MR) is 74.7 cm³/mol. The fourth-order valence-electron chi connectivity index (χ4n) is 1.85. The van der Waals surface area contributed by atoms with E-state index >= 15 is 0 Å². The van der Waals surface area contributed by atoms with Crippen LogP contribution in [0.2, 0.25) is 0 Å². The van der Waals surface area contributed by atoms with E-state index in [2.05, 4.69) is 4.74 Å². The third kappa shape index (κ3) is 3.47. The largest absolute Gasteiger partial charge is 0.468 e. The first-order valence-electron chi connectivity index (χ1n) is 5.97. The van der Waals surface area contributed by atoms with Gasteiger partial charge in [-0.15, -0.1) is 0 Å². The average Bonchev–Trinajstić information content (AvgIpc) is 2.36. The number of benzene rings is 1. The highest BCUT2D eigenvalue weighted by atomic mass is 32.2. The Balaban J connectivity index is 3.36. The van der Waals surface area contributed by atoms with Crippen LogP contribution >= 0.6 is 0 Å². The number of aryl methyl sites for hydroxylation is 2. The van der Waals surface area contributed by atoms with Crippen LogP contribution in [0.5, 0.6) is 0 Å². The van der Waals surface area contributed by atoms with Crippen molar-refractivity contribution in [3.63, 3.8) is 0 Å². The molecule has 0 aromatic heterocycles. The fraction of sp³-hybridized carbons (Fsp3) is 0.462. The lowest BCUT2D eigenvalue weighted by molar-refractivity contribution is -0.138. The third-order valence-electron chi connectivity index (χ3n) is 2.89. The maximum atomic E-state index is 12.2. The summed E-state index contributed by atoms with van der Waals surface area (Å²) in [6, 6.07) is 5.48. The van der Waals surface area contributed by atoms with Crippen molar-refractivity contribution in [1.82, 2.24) is 0 Å². The van der Waals surface area contributed by atoms with Gasteiger partial charge in [0.25, 0.3) is 0 Å². The minimum atomic E-state index is -3.53. The molecule has 0 aliphatic carbocycles. The van der Waals surface area contributed by atoms with Crippen LogP contribution in [-0.2, 0) is 19.6 Å². The zero-order valence-electron chi connectivity index (χ0n) is 11.6. The lowest BCUT2D eigenvalue weighted by atomic mass is 10.1. The number of methoxy groups -OCH3 is 1. The van der Waals surface area contributed by atoms with E-state index in [-0.39, 0.29) is 12.3 Å². The van der Waals surface area contributed by atoms with Crippen molar-refractivity contribution >= 4 is 21.7 Å². The van der Waals surface area contributed by atoms with Crippen molar-refractivity contribution in [3.05, 3.63) is 29.3 Å². The number of rotatable bonds is 5. The molecule has 0 atom stereocenters. The molecule has 0 spiro atoms. The second kappa shape index (κ2) is 6.06. The highest BCUT2D eigenvalue weighted by molar-refractivity contribution is 7.92. The number of hydrogen-bond acceptors (Lipinski definition) is 4. The Morgan fingerprint density at radius 3 is 2.21 bits per heavy atom. The molecule has 0 unspecified atom stereocenters. The maximum absolute atomic E-state index is 12.2. The molecule has 0 saturated carbocycles. The van der Waals surface area contributed by atoms with Gasteiger partial charge < -0.3 is 4.74 Å². The maximum Gasteiger partial charge on any atom is 0.326 e. The number of carbonyl (C=O) groups is 1. The molecule has 0 aliphatic rings. The van der Waals surface area contributed by atoms with E-state index in [0.717, 1.165) is 15.4 Å². The number of para-hydroxylation sites is 1. The standard InChI is InChI=1S/C13H19NO4S/c1-5-19(16,17)14(9-12(15)18-4)13-10(2)7-6-8-11(13)3/h6-8H,5,9H2,1-4H3. The first-order chi connectivity index (χ1) is 8.83. The average molecular weight is 285 g/mol. The predicted octanol–water partition coefficient (Wildman–Crippen LogP) is 1.63. The summed E-state index contributed by atoms with van der Waals surface area (Å²) in [5.41, 5.74) is 2.16. The Kier molecular flexibility index (Phi) is 4.94. The fourth-order valence-corrected chi connectivity index (χ4v) is 3.03. The van der Waals surface area contributed by atoms with E-state index in [0.29, 0.717) is 5.69 Å². The summed E-state index contributed by atoms with van der Waals surface area (Å²) >= 11 is 0. The Bertz CT molecular complexity index is 546. The van der Waals surface area contributed by atoms with Crippen molar-refractivity contribution in [1.29, 1.82) is 0 Å². The van der Waals surface area contributed by atoms with Crippen LogP contribution in [0.15, 0.2) is 18.2 Å². The van der Waals surface area contributed by atoms with E-state index in [4.69, 9.17) is 0 Å².